The van der Waals surface area contributed by atoms with Crippen LogP contribution in [0.5, 0.6) is 0 Å². The van der Waals surface area contributed by atoms with Crippen molar-refractivity contribution >= 4 is 21.1 Å². The molecule has 0 saturated heterocycles. The first-order valence-corrected chi connectivity index (χ1v) is 7.09. The summed E-state index contributed by atoms with van der Waals surface area (Å²) in [6, 6.07) is 1.36. The molecule has 0 aliphatic rings. The van der Waals surface area contributed by atoms with Gasteiger partial charge >= 0.3 is 0 Å². The van der Waals surface area contributed by atoms with Crippen LogP contribution in [0.25, 0.3) is 0 Å². The summed E-state index contributed by atoms with van der Waals surface area (Å²) < 4.78 is 5.44. The molecule has 0 unspecified atom stereocenters. The smallest absolute Gasteiger partial charge is 0.0513 e. The van der Waals surface area contributed by atoms with E-state index < -0.39 is 0 Å². The molecule has 68 valence electrons. The number of halogens is 1. The van der Waals surface area contributed by atoms with Gasteiger partial charge in [0.1, 0.15) is 0 Å². The highest BCUT2D eigenvalue weighted by Gasteiger charge is 1.89. The molecule has 0 aromatic heterocycles. The molecule has 1 nitrogen and oxygen atoms in total. The van der Waals surface area contributed by atoms with Crippen LogP contribution in [0.4, 0.5) is 0 Å². The van der Waals surface area contributed by atoms with Gasteiger partial charge in [-0.25, -0.2) is 0 Å². The van der Waals surface area contributed by atoms with Crippen LogP contribution in [-0.2, 0) is 4.74 Å². The standard InChI is InChI=1S/C8H19ClOSi/c1-2-11-8-10-7-5-3-4-6-9/h2-8,11H2,1H3. The molecular formula is C8H19ClOSi. The average molecular weight is 195 g/mol. The third kappa shape index (κ3) is 10.5. The summed E-state index contributed by atoms with van der Waals surface area (Å²) >= 11 is 5.53. The quantitative estimate of drug-likeness (QED) is 0.326. The average Bonchev–Trinajstić information content (AvgIpc) is 2.03. The zero-order valence-electron chi connectivity index (χ0n) is 7.44. The molecule has 0 fully saturated rings. The Morgan fingerprint density at radius 3 is 2.73 bits per heavy atom. The highest BCUT2D eigenvalue weighted by atomic mass is 35.5. The highest BCUT2D eigenvalue weighted by molar-refractivity contribution is 6.34. The molecule has 11 heavy (non-hydrogen) atoms. The summed E-state index contributed by atoms with van der Waals surface area (Å²) in [5.41, 5.74) is 0. The topological polar surface area (TPSA) is 9.23 Å². The van der Waals surface area contributed by atoms with Crippen LogP contribution < -0.4 is 0 Å². The van der Waals surface area contributed by atoms with Gasteiger partial charge in [-0.2, -0.15) is 0 Å². The Kier molecular flexibility index (Phi) is 10.9. The van der Waals surface area contributed by atoms with Crippen LogP contribution in [0.3, 0.4) is 0 Å². The summed E-state index contributed by atoms with van der Waals surface area (Å²) in [6.45, 7) is 3.19. The minimum Gasteiger partial charge on any atom is -0.385 e. The lowest BCUT2D eigenvalue weighted by Gasteiger charge is -2.01. The molecule has 0 aliphatic carbocycles. The zero-order valence-corrected chi connectivity index (χ0v) is 9.61. The van der Waals surface area contributed by atoms with Gasteiger partial charge in [-0.1, -0.05) is 13.0 Å². The van der Waals surface area contributed by atoms with Gasteiger partial charge < -0.3 is 4.74 Å². The molecule has 0 rings (SSSR count). The third-order valence-corrected chi connectivity index (χ3v) is 3.12. The SMILES string of the molecule is CC[SiH2]COCCCCCCl. The third-order valence-electron chi connectivity index (χ3n) is 1.56. The maximum Gasteiger partial charge on any atom is 0.0513 e. The minimum atomic E-state index is 0.134. The summed E-state index contributed by atoms with van der Waals surface area (Å²) in [7, 11) is 0.134. The van der Waals surface area contributed by atoms with Crippen LogP contribution in [-0.4, -0.2) is 28.2 Å². The lowest BCUT2D eigenvalue weighted by molar-refractivity contribution is 0.171. The number of unbranched alkanes of at least 4 members (excludes halogenated alkanes) is 2. The van der Waals surface area contributed by atoms with Crippen molar-refractivity contribution in [3.05, 3.63) is 0 Å². The predicted octanol–water partition coefficient (Wildman–Crippen LogP) is 1.98. The second kappa shape index (κ2) is 10.5. The van der Waals surface area contributed by atoms with E-state index in [1.54, 1.807) is 0 Å². The molecule has 0 bridgehead atoms. The van der Waals surface area contributed by atoms with E-state index in [9.17, 15) is 0 Å². The molecule has 3 heteroatoms. The predicted molar refractivity (Wildman–Crippen MR) is 54.4 cm³/mol. The van der Waals surface area contributed by atoms with E-state index in [-0.39, 0.29) is 9.52 Å². The molecule has 0 heterocycles. The second-order valence-electron chi connectivity index (χ2n) is 2.72. The van der Waals surface area contributed by atoms with Crippen LogP contribution >= 0.6 is 11.6 Å². The van der Waals surface area contributed by atoms with E-state index in [1.165, 1.54) is 18.9 Å². The summed E-state index contributed by atoms with van der Waals surface area (Å²) in [4.78, 5) is 0. The zero-order chi connectivity index (χ0) is 8.36. The lowest BCUT2D eigenvalue weighted by Crippen LogP contribution is -2.03. The van der Waals surface area contributed by atoms with E-state index in [0.29, 0.717) is 0 Å². The maximum atomic E-state index is 5.53. The second-order valence-corrected chi connectivity index (χ2v) is 5.21. The van der Waals surface area contributed by atoms with Gasteiger partial charge in [0, 0.05) is 18.7 Å². The van der Waals surface area contributed by atoms with Crippen molar-refractivity contribution in [2.75, 3.05) is 18.7 Å². The van der Waals surface area contributed by atoms with E-state index >= 15 is 0 Å². The fourth-order valence-electron chi connectivity index (χ4n) is 0.824. The van der Waals surface area contributed by atoms with Gasteiger partial charge in [0.05, 0.1) is 9.52 Å². The van der Waals surface area contributed by atoms with Gasteiger partial charge in [-0.15, -0.1) is 11.6 Å². The summed E-state index contributed by atoms with van der Waals surface area (Å²) in [6.07, 6.45) is 4.61. The summed E-state index contributed by atoms with van der Waals surface area (Å²) in [5, 5.41) is 0. The first-order valence-electron chi connectivity index (χ1n) is 4.55. The fourth-order valence-corrected chi connectivity index (χ4v) is 1.71. The first kappa shape index (κ1) is 11.5. The largest absolute Gasteiger partial charge is 0.385 e. The molecule has 0 radical (unpaired) electrons. The van der Waals surface area contributed by atoms with Gasteiger partial charge in [0.2, 0.25) is 0 Å². The van der Waals surface area contributed by atoms with Crippen molar-refractivity contribution in [1.82, 2.24) is 0 Å². The number of alkyl halides is 1. The lowest BCUT2D eigenvalue weighted by atomic mass is 10.3. The van der Waals surface area contributed by atoms with E-state index in [4.69, 9.17) is 16.3 Å². The van der Waals surface area contributed by atoms with Gasteiger partial charge in [-0.05, 0) is 19.3 Å². The van der Waals surface area contributed by atoms with Gasteiger partial charge in [-0.3, -0.25) is 0 Å². The number of hydrogen-bond donors (Lipinski definition) is 0. The normalized spacial score (nSPS) is 11.5. The number of hydrogen-bond acceptors (Lipinski definition) is 1. The van der Waals surface area contributed by atoms with Crippen molar-refractivity contribution in [1.29, 1.82) is 0 Å². The van der Waals surface area contributed by atoms with Gasteiger partial charge in [0.25, 0.3) is 0 Å². The molecule has 0 saturated carbocycles. The van der Waals surface area contributed by atoms with Gasteiger partial charge in [0.15, 0.2) is 0 Å². The molecule has 0 atom stereocenters. The van der Waals surface area contributed by atoms with E-state index in [0.717, 1.165) is 25.1 Å². The van der Waals surface area contributed by atoms with Crippen molar-refractivity contribution in [3.8, 4) is 0 Å². The maximum absolute atomic E-state index is 5.53. The molecule has 0 spiro atoms. The number of rotatable bonds is 8. The molecule has 0 aromatic carbocycles. The van der Waals surface area contributed by atoms with Crippen molar-refractivity contribution in [2.24, 2.45) is 0 Å². The molecule has 0 N–H and O–H groups in total. The Labute approximate surface area is 77.3 Å². The van der Waals surface area contributed by atoms with Crippen LogP contribution in [0.2, 0.25) is 6.04 Å². The van der Waals surface area contributed by atoms with Crippen LogP contribution in [0.15, 0.2) is 0 Å². The molecule has 0 amide bonds. The van der Waals surface area contributed by atoms with Crippen LogP contribution in [0, 0.1) is 0 Å². The highest BCUT2D eigenvalue weighted by Crippen LogP contribution is 1.97. The Morgan fingerprint density at radius 1 is 1.27 bits per heavy atom. The number of ether oxygens (including phenoxy) is 1. The minimum absolute atomic E-state index is 0.134. The summed E-state index contributed by atoms with van der Waals surface area (Å²) in [5.74, 6) is 0.795. The molecule has 0 aliphatic heterocycles. The first-order chi connectivity index (χ1) is 5.41. The molecular weight excluding hydrogens is 176 g/mol. The van der Waals surface area contributed by atoms with Crippen molar-refractivity contribution in [2.45, 2.75) is 32.2 Å². The fraction of sp³-hybridized carbons (Fsp3) is 1.00. The van der Waals surface area contributed by atoms with Crippen LogP contribution in [0.1, 0.15) is 26.2 Å². The molecule has 0 aromatic rings. The monoisotopic (exact) mass is 194 g/mol. The Balaban J connectivity index is 2.69. The Bertz CT molecular complexity index is 63.1. The van der Waals surface area contributed by atoms with Crippen molar-refractivity contribution in [3.63, 3.8) is 0 Å². The van der Waals surface area contributed by atoms with Crippen molar-refractivity contribution < 1.29 is 4.74 Å². The van der Waals surface area contributed by atoms with E-state index in [2.05, 4.69) is 6.92 Å². The van der Waals surface area contributed by atoms with E-state index in [1.807, 2.05) is 0 Å². The Morgan fingerprint density at radius 2 is 2.09 bits per heavy atom. The Hall–Kier alpha value is 0.467.